The van der Waals surface area contributed by atoms with E-state index in [0.29, 0.717) is 16.6 Å². The predicted octanol–water partition coefficient (Wildman–Crippen LogP) is 5.09. The molecule has 138 valence electrons. The van der Waals surface area contributed by atoms with Crippen molar-refractivity contribution in [2.75, 3.05) is 17.7 Å². The van der Waals surface area contributed by atoms with Crippen LogP contribution in [0.2, 0.25) is 0 Å². The lowest BCUT2D eigenvalue weighted by molar-refractivity contribution is 0.0601. The third-order valence-corrected chi connectivity index (χ3v) is 6.27. The second kappa shape index (κ2) is 7.76. The SMILES string of the molecule is COC(=O)c1c(NC(=S)Nc2ccc(C)c(C)c2)sc2c1CCC(C)C2. The molecule has 0 bridgehead atoms. The number of fused-ring (bicyclic) bond motifs is 1. The van der Waals surface area contributed by atoms with E-state index in [1.807, 2.05) is 6.07 Å². The summed E-state index contributed by atoms with van der Waals surface area (Å²) in [7, 11) is 1.42. The first-order valence-electron chi connectivity index (χ1n) is 8.77. The number of hydrogen-bond donors (Lipinski definition) is 2. The Morgan fingerprint density at radius 1 is 1.27 bits per heavy atom. The highest BCUT2D eigenvalue weighted by Gasteiger charge is 2.28. The number of aryl methyl sites for hydroxylation is 2. The zero-order valence-electron chi connectivity index (χ0n) is 15.6. The van der Waals surface area contributed by atoms with Crippen LogP contribution >= 0.6 is 23.6 Å². The predicted molar refractivity (Wildman–Crippen MR) is 113 cm³/mol. The number of methoxy groups -OCH3 is 1. The number of thiocarbonyl (C=S) groups is 1. The average Bonchev–Trinajstić information content (AvgIpc) is 2.94. The third-order valence-electron chi connectivity index (χ3n) is 4.89. The standard InChI is InChI=1S/C20H24N2O2S2/c1-11-5-8-15-16(9-11)26-18(17(15)19(23)24-4)22-20(25)21-14-7-6-12(2)13(3)10-14/h6-7,10-11H,5,8-9H2,1-4H3,(H2,21,22,25). The largest absolute Gasteiger partial charge is 0.465 e. The van der Waals surface area contributed by atoms with E-state index in [1.54, 1.807) is 11.3 Å². The van der Waals surface area contributed by atoms with Crippen LogP contribution in [0.25, 0.3) is 0 Å². The molecule has 0 spiro atoms. The summed E-state index contributed by atoms with van der Waals surface area (Å²) in [5.74, 6) is 0.341. The first kappa shape index (κ1) is 18.9. The minimum atomic E-state index is -0.298. The Labute approximate surface area is 164 Å². The van der Waals surface area contributed by atoms with Crippen molar-refractivity contribution < 1.29 is 9.53 Å². The minimum absolute atomic E-state index is 0.298. The zero-order valence-corrected chi connectivity index (χ0v) is 17.2. The highest BCUT2D eigenvalue weighted by Crippen LogP contribution is 2.40. The smallest absolute Gasteiger partial charge is 0.341 e. The van der Waals surface area contributed by atoms with Gasteiger partial charge >= 0.3 is 5.97 Å². The molecule has 0 aliphatic heterocycles. The summed E-state index contributed by atoms with van der Waals surface area (Å²) in [4.78, 5) is 13.6. The molecule has 4 nitrogen and oxygen atoms in total. The van der Waals surface area contributed by atoms with Crippen molar-refractivity contribution in [3.63, 3.8) is 0 Å². The van der Waals surface area contributed by atoms with Crippen molar-refractivity contribution in [2.45, 2.75) is 40.0 Å². The minimum Gasteiger partial charge on any atom is -0.465 e. The lowest BCUT2D eigenvalue weighted by Gasteiger charge is -2.18. The Balaban J connectivity index is 1.83. The van der Waals surface area contributed by atoms with Crippen molar-refractivity contribution in [3.8, 4) is 0 Å². The molecular weight excluding hydrogens is 364 g/mol. The molecule has 2 N–H and O–H groups in total. The summed E-state index contributed by atoms with van der Waals surface area (Å²) in [5.41, 5.74) is 5.14. The van der Waals surface area contributed by atoms with E-state index in [9.17, 15) is 4.79 Å². The molecule has 0 amide bonds. The molecule has 3 rings (SSSR count). The maximum atomic E-state index is 12.4. The number of anilines is 2. The number of rotatable bonds is 3. The molecule has 0 saturated carbocycles. The second-order valence-corrected chi connectivity index (χ2v) is 8.44. The fourth-order valence-corrected chi connectivity index (χ4v) is 4.93. The highest BCUT2D eigenvalue weighted by molar-refractivity contribution is 7.80. The van der Waals surface area contributed by atoms with Crippen molar-refractivity contribution in [1.29, 1.82) is 0 Å². The number of ether oxygens (including phenoxy) is 1. The van der Waals surface area contributed by atoms with Crippen LogP contribution in [-0.4, -0.2) is 18.2 Å². The first-order chi connectivity index (χ1) is 12.4. The molecule has 0 fully saturated rings. The first-order valence-corrected chi connectivity index (χ1v) is 9.99. The van der Waals surface area contributed by atoms with Crippen LogP contribution in [-0.2, 0) is 17.6 Å². The average molecular weight is 389 g/mol. The van der Waals surface area contributed by atoms with Gasteiger partial charge in [0.05, 0.1) is 12.7 Å². The normalized spacial score (nSPS) is 15.9. The van der Waals surface area contributed by atoms with E-state index in [0.717, 1.165) is 35.5 Å². The van der Waals surface area contributed by atoms with Crippen LogP contribution in [0.5, 0.6) is 0 Å². The summed E-state index contributed by atoms with van der Waals surface area (Å²) >= 11 is 7.09. The van der Waals surface area contributed by atoms with Crippen LogP contribution < -0.4 is 10.6 Å². The maximum Gasteiger partial charge on any atom is 0.341 e. The summed E-state index contributed by atoms with van der Waals surface area (Å²) in [6, 6.07) is 6.12. The van der Waals surface area contributed by atoms with Gasteiger partial charge < -0.3 is 15.4 Å². The third kappa shape index (κ3) is 3.91. The lowest BCUT2D eigenvalue weighted by atomic mass is 9.88. The second-order valence-electron chi connectivity index (χ2n) is 6.93. The fourth-order valence-electron chi connectivity index (χ4n) is 3.24. The molecule has 1 aliphatic carbocycles. The van der Waals surface area contributed by atoms with Crippen LogP contribution in [0.15, 0.2) is 18.2 Å². The Morgan fingerprint density at radius 2 is 2.04 bits per heavy atom. The molecule has 0 radical (unpaired) electrons. The number of hydrogen-bond acceptors (Lipinski definition) is 4. The Morgan fingerprint density at radius 3 is 2.73 bits per heavy atom. The summed E-state index contributed by atoms with van der Waals surface area (Å²) in [6.07, 6.45) is 3.01. The fraction of sp³-hybridized carbons (Fsp3) is 0.400. The van der Waals surface area contributed by atoms with Crippen molar-refractivity contribution in [1.82, 2.24) is 0 Å². The highest BCUT2D eigenvalue weighted by atomic mass is 32.1. The van der Waals surface area contributed by atoms with Crippen LogP contribution in [0, 0.1) is 19.8 Å². The van der Waals surface area contributed by atoms with Gasteiger partial charge in [-0.3, -0.25) is 0 Å². The van der Waals surface area contributed by atoms with Gasteiger partial charge in [-0.05, 0) is 80.1 Å². The number of carbonyl (C=O) groups is 1. The molecule has 1 atom stereocenters. The lowest BCUT2D eigenvalue weighted by Crippen LogP contribution is -2.20. The quantitative estimate of drug-likeness (QED) is 0.567. The Kier molecular flexibility index (Phi) is 5.63. The van der Waals surface area contributed by atoms with Gasteiger partial charge in [0.15, 0.2) is 5.11 Å². The molecule has 0 saturated heterocycles. The van der Waals surface area contributed by atoms with E-state index in [2.05, 4.69) is 43.5 Å². The zero-order chi connectivity index (χ0) is 18.8. The number of thiophene rings is 1. The Bertz CT molecular complexity index is 858. The molecule has 1 aromatic carbocycles. The van der Waals surface area contributed by atoms with Crippen molar-refractivity contribution in [2.24, 2.45) is 5.92 Å². The Hall–Kier alpha value is -1.92. The van der Waals surface area contributed by atoms with E-state index < -0.39 is 0 Å². The van der Waals surface area contributed by atoms with Gasteiger partial charge in [0, 0.05) is 10.6 Å². The van der Waals surface area contributed by atoms with Gasteiger partial charge in [-0.2, -0.15) is 0 Å². The van der Waals surface area contributed by atoms with E-state index >= 15 is 0 Å². The van der Waals surface area contributed by atoms with Gasteiger partial charge in [0.1, 0.15) is 5.00 Å². The van der Waals surface area contributed by atoms with Crippen molar-refractivity contribution >= 4 is 45.3 Å². The molecule has 2 aromatic rings. The molecule has 1 aliphatic rings. The summed E-state index contributed by atoms with van der Waals surface area (Å²) in [6.45, 7) is 6.40. The van der Waals surface area contributed by atoms with Crippen LogP contribution in [0.3, 0.4) is 0 Å². The van der Waals surface area contributed by atoms with Crippen LogP contribution in [0.1, 0.15) is 45.3 Å². The summed E-state index contributed by atoms with van der Waals surface area (Å²) in [5, 5.41) is 7.68. The van der Waals surface area contributed by atoms with Gasteiger partial charge in [-0.1, -0.05) is 13.0 Å². The molecule has 6 heteroatoms. The number of benzene rings is 1. The summed E-state index contributed by atoms with van der Waals surface area (Å²) < 4.78 is 5.02. The number of carbonyl (C=O) groups excluding carboxylic acids is 1. The van der Waals surface area contributed by atoms with E-state index in [4.69, 9.17) is 17.0 Å². The molecule has 26 heavy (non-hydrogen) atoms. The molecular formula is C20H24N2O2S2. The van der Waals surface area contributed by atoms with Gasteiger partial charge in [-0.15, -0.1) is 11.3 Å². The molecule has 1 aromatic heterocycles. The maximum absolute atomic E-state index is 12.4. The molecule has 1 heterocycles. The van der Waals surface area contributed by atoms with Gasteiger partial charge in [-0.25, -0.2) is 4.79 Å². The van der Waals surface area contributed by atoms with E-state index in [1.165, 1.54) is 23.1 Å². The van der Waals surface area contributed by atoms with E-state index in [-0.39, 0.29) is 5.97 Å². The topological polar surface area (TPSA) is 50.4 Å². The number of esters is 1. The van der Waals surface area contributed by atoms with Gasteiger partial charge in [0.2, 0.25) is 0 Å². The van der Waals surface area contributed by atoms with Gasteiger partial charge in [0.25, 0.3) is 0 Å². The number of nitrogens with one attached hydrogen (secondary N) is 2. The van der Waals surface area contributed by atoms with Crippen LogP contribution in [0.4, 0.5) is 10.7 Å². The van der Waals surface area contributed by atoms with Crippen molar-refractivity contribution in [3.05, 3.63) is 45.3 Å². The molecule has 1 unspecified atom stereocenters. The monoisotopic (exact) mass is 388 g/mol.